The number of aryl methyl sites for hydroxylation is 1. The van der Waals surface area contributed by atoms with Gasteiger partial charge in [-0.05, 0) is 73.0 Å². The molecule has 0 aliphatic rings. The van der Waals surface area contributed by atoms with Gasteiger partial charge in [0.1, 0.15) is 11.6 Å². The quantitative estimate of drug-likeness (QED) is 0.458. The highest BCUT2D eigenvalue weighted by atomic mass is 19.1. The molecule has 0 atom stereocenters. The molecular formula is C26H25FN2O2. The zero-order valence-corrected chi connectivity index (χ0v) is 17.9. The fraction of sp³-hybridized carbons (Fsp3) is 0.192. The molecule has 4 rings (SSSR count). The molecule has 0 unspecified atom stereocenters. The molecule has 0 radical (unpaired) electrons. The summed E-state index contributed by atoms with van der Waals surface area (Å²) >= 11 is 0. The average Bonchev–Trinajstić information content (AvgIpc) is 3.03. The summed E-state index contributed by atoms with van der Waals surface area (Å²) < 4.78 is 20.7. The topological polar surface area (TPSA) is 43.3 Å². The smallest absolute Gasteiger partial charge is 0.251 e. The zero-order valence-electron chi connectivity index (χ0n) is 17.9. The Kier molecular flexibility index (Phi) is 5.76. The summed E-state index contributed by atoms with van der Waals surface area (Å²) in [5.74, 6) is 0.411. The summed E-state index contributed by atoms with van der Waals surface area (Å²) in [6.07, 6.45) is 0. The van der Waals surface area contributed by atoms with Gasteiger partial charge in [-0.2, -0.15) is 0 Å². The predicted octanol–water partition coefficient (Wildman–Crippen LogP) is 5.38. The van der Waals surface area contributed by atoms with Crippen molar-refractivity contribution in [2.75, 3.05) is 7.11 Å². The highest BCUT2D eigenvalue weighted by molar-refractivity contribution is 5.99. The Morgan fingerprint density at radius 3 is 2.52 bits per heavy atom. The number of fused-ring (bicyclic) bond motifs is 1. The van der Waals surface area contributed by atoms with Gasteiger partial charge in [-0.3, -0.25) is 4.79 Å². The summed E-state index contributed by atoms with van der Waals surface area (Å²) in [5, 5.41) is 4.03. The van der Waals surface area contributed by atoms with Gasteiger partial charge in [0.15, 0.2) is 0 Å². The van der Waals surface area contributed by atoms with Crippen LogP contribution in [-0.2, 0) is 13.1 Å². The van der Waals surface area contributed by atoms with Crippen molar-refractivity contribution in [3.63, 3.8) is 0 Å². The number of ether oxygens (including phenoxy) is 1. The van der Waals surface area contributed by atoms with Gasteiger partial charge in [-0.1, -0.05) is 24.3 Å². The highest BCUT2D eigenvalue weighted by Crippen LogP contribution is 2.27. The average molecular weight is 416 g/mol. The van der Waals surface area contributed by atoms with E-state index in [0.717, 1.165) is 39.0 Å². The number of halogens is 1. The van der Waals surface area contributed by atoms with Crippen molar-refractivity contribution in [2.45, 2.75) is 26.9 Å². The first-order chi connectivity index (χ1) is 15.0. The van der Waals surface area contributed by atoms with Crippen LogP contribution in [0.2, 0.25) is 0 Å². The van der Waals surface area contributed by atoms with Crippen LogP contribution in [0.5, 0.6) is 5.75 Å². The minimum atomic E-state index is -0.237. The summed E-state index contributed by atoms with van der Waals surface area (Å²) in [6, 6.07) is 20.0. The number of methoxy groups -OCH3 is 1. The minimum Gasteiger partial charge on any atom is -0.497 e. The molecule has 0 aliphatic heterocycles. The Labute approximate surface area is 181 Å². The Morgan fingerprint density at radius 2 is 1.77 bits per heavy atom. The third-order valence-electron chi connectivity index (χ3n) is 5.74. The lowest BCUT2D eigenvalue weighted by Gasteiger charge is -2.10. The maximum absolute atomic E-state index is 13.2. The summed E-state index contributed by atoms with van der Waals surface area (Å²) in [7, 11) is 1.62. The minimum absolute atomic E-state index is 0.118. The molecular weight excluding hydrogens is 391 g/mol. The molecule has 1 amide bonds. The van der Waals surface area contributed by atoms with Crippen LogP contribution in [0.3, 0.4) is 0 Å². The van der Waals surface area contributed by atoms with E-state index < -0.39 is 0 Å². The largest absolute Gasteiger partial charge is 0.497 e. The van der Waals surface area contributed by atoms with Crippen LogP contribution in [0.15, 0.2) is 66.7 Å². The van der Waals surface area contributed by atoms with E-state index in [2.05, 4.69) is 23.7 Å². The van der Waals surface area contributed by atoms with Crippen molar-refractivity contribution in [3.05, 3.63) is 100 Å². The van der Waals surface area contributed by atoms with Crippen molar-refractivity contribution in [2.24, 2.45) is 0 Å². The summed E-state index contributed by atoms with van der Waals surface area (Å²) in [4.78, 5) is 12.8. The number of nitrogens with zero attached hydrogens (tertiary/aromatic N) is 1. The Morgan fingerprint density at radius 1 is 1.00 bits per heavy atom. The number of nitrogens with one attached hydrogen (secondary N) is 1. The first kappa shape index (κ1) is 20.7. The molecule has 1 heterocycles. The number of carbonyl (C=O) groups is 1. The van der Waals surface area contributed by atoms with Gasteiger partial charge in [0.2, 0.25) is 0 Å². The van der Waals surface area contributed by atoms with Crippen LogP contribution in [0.25, 0.3) is 10.9 Å². The normalized spacial score (nSPS) is 11.0. The van der Waals surface area contributed by atoms with Crippen molar-refractivity contribution >= 4 is 16.8 Å². The van der Waals surface area contributed by atoms with Gasteiger partial charge < -0.3 is 14.6 Å². The van der Waals surface area contributed by atoms with Crippen LogP contribution in [-0.4, -0.2) is 17.6 Å². The molecule has 0 aliphatic carbocycles. The van der Waals surface area contributed by atoms with Crippen LogP contribution in [0, 0.1) is 19.7 Å². The van der Waals surface area contributed by atoms with Gasteiger partial charge in [0.05, 0.1) is 7.11 Å². The van der Waals surface area contributed by atoms with Crippen LogP contribution < -0.4 is 10.1 Å². The number of benzene rings is 3. The number of hydrogen-bond acceptors (Lipinski definition) is 2. The van der Waals surface area contributed by atoms with E-state index in [1.165, 1.54) is 12.1 Å². The molecule has 3 aromatic carbocycles. The lowest BCUT2D eigenvalue weighted by molar-refractivity contribution is 0.0951. The van der Waals surface area contributed by atoms with Crippen molar-refractivity contribution < 1.29 is 13.9 Å². The van der Waals surface area contributed by atoms with E-state index in [9.17, 15) is 9.18 Å². The van der Waals surface area contributed by atoms with Crippen molar-refractivity contribution in [3.8, 4) is 5.75 Å². The molecule has 4 aromatic rings. The number of carbonyl (C=O) groups excluding carboxylic acids is 1. The first-order valence-corrected chi connectivity index (χ1v) is 10.2. The Balaban J connectivity index is 1.56. The fourth-order valence-corrected chi connectivity index (χ4v) is 3.83. The lowest BCUT2D eigenvalue weighted by atomic mass is 10.1. The van der Waals surface area contributed by atoms with Gasteiger partial charge in [-0.25, -0.2) is 4.39 Å². The second kappa shape index (κ2) is 8.64. The first-order valence-electron chi connectivity index (χ1n) is 10.2. The second-order valence-corrected chi connectivity index (χ2v) is 7.69. The van der Waals surface area contributed by atoms with Crippen LogP contribution in [0.1, 0.15) is 32.7 Å². The lowest BCUT2D eigenvalue weighted by Crippen LogP contribution is -2.22. The van der Waals surface area contributed by atoms with Gasteiger partial charge in [0.25, 0.3) is 5.91 Å². The van der Waals surface area contributed by atoms with E-state index in [1.54, 1.807) is 19.2 Å². The van der Waals surface area contributed by atoms with Crippen molar-refractivity contribution in [1.29, 1.82) is 0 Å². The summed E-state index contributed by atoms with van der Waals surface area (Å²) in [6.45, 7) is 5.22. The highest BCUT2D eigenvalue weighted by Gasteiger charge is 2.14. The number of amides is 1. The number of rotatable bonds is 6. The monoisotopic (exact) mass is 416 g/mol. The molecule has 0 fully saturated rings. The third kappa shape index (κ3) is 4.31. The van der Waals surface area contributed by atoms with Gasteiger partial charge >= 0.3 is 0 Å². The van der Waals surface area contributed by atoms with Crippen LogP contribution in [0.4, 0.5) is 4.39 Å². The molecule has 0 saturated heterocycles. The molecule has 5 heteroatoms. The second-order valence-electron chi connectivity index (χ2n) is 7.69. The molecule has 158 valence electrons. The number of aromatic nitrogens is 1. The van der Waals surface area contributed by atoms with Gasteiger partial charge in [-0.15, -0.1) is 0 Å². The predicted molar refractivity (Wildman–Crippen MR) is 121 cm³/mol. The zero-order chi connectivity index (χ0) is 22.0. The van der Waals surface area contributed by atoms with Crippen LogP contribution >= 0.6 is 0 Å². The Bertz CT molecular complexity index is 1240. The van der Waals surface area contributed by atoms with E-state index in [1.807, 2.05) is 42.5 Å². The maximum Gasteiger partial charge on any atom is 0.251 e. The Hall–Kier alpha value is -3.60. The molecule has 0 spiro atoms. The molecule has 0 bridgehead atoms. The molecule has 31 heavy (non-hydrogen) atoms. The van der Waals surface area contributed by atoms with Gasteiger partial charge in [0, 0.05) is 35.2 Å². The van der Waals surface area contributed by atoms with E-state index >= 15 is 0 Å². The molecule has 1 aromatic heterocycles. The molecule has 0 saturated carbocycles. The van der Waals surface area contributed by atoms with Crippen molar-refractivity contribution in [1.82, 2.24) is 9.88 Å². The number of hydrogen-bond donors (Lipinski definition) is 1. The maximum atomic E-state index is 13.2. The molecule has 4 nitrogen and oxygen atoms in total. The third-order valence-corrected chi connectivity index (χ3v) is 5.74. The van der Waals surface area contributed by atoms with E-state index in [-0.39, 0.29) is 11.7 Å². The summed E-state index contributed by atoms with van der Waals surface area (Å²) in [5.41, 5.74) is 5.96. The van der Waals surface area contributed by atoms with E-state index in [0.29, 0.717) is 18.7 Å². The standard InChI is InChI=1S/C26H25FN2O2/c1-17-18(2)29(16-19-7-10-22(27)11-8-19)25-12-9-21(14-24(17)25)26(30)28-15-20-5-4-6-23(13-20)31-3/h4-14H,15-16H2,1-3H3,(H,28,30). The SMILES string of the molecule is COc1cccc(CNC(=O)c2ccc3c(c2)c(C)c(C)n3Cc2ccc(F)cc2)c1. The van der Waals surface area contributed by atoms with E-state index in [4.69, 9.17) is 4.74 Å². The molecule has 1 N–H and O–H groups in total. The fourth-order valence-electron chi connectivity index (χ4n) is 3.83.